The van der Waals surface area contributed by atoms with Crippen LogP contribution in [0.2, 0.25) is 0 Å². The Morgan fingerprint density at radius 2 is 1.53 bits per heavy atom. The fourth-order valence-corrected chi connectivity index (χ4v) is 2.12. The third-order valence-electron chi connectivity index (χ3n) is 3.42. The van der Waals surface area contributed by atoms with Gasteiger partial charge in [0, 0.05) is 6.04 Å². The van der Waals surface area contributed by atoms with Crippen molar-refractivity contribution in [1.82, 2.24) is 0 Å². The summed E-state index contributed by atoms with van der Waals surface area (Å²) >= 11 is 0. The predicted molar refractivity (Wildman–Crippen MR) is 82.5 cm³/mol. The summed E-state index contributed by atoms with van der Waals surface area (Å²) in [5.41, 5.74) is 6.97. The quantitative estimate of drug-likeness (QED) is 0.613. The summed E-state index contributed by atoms with van der Waals surface area (Å²) in [4.78, 5) is 0. The Hall–Kier alpha value is -1.02. The van der Waals surface area contributed by atoms with E-state index in [1.165, 1.54) is 38.5 Å². The Labute approximate surface area is 118 Å². The van der Waals surface area contributed by atoms with Crippen LogP contribution in [0.3, 0.4) is 0 Å². The minimum atomic E-state index is 0.0946. The molecule has 0 saturated carbocycles. The highest BCUT2D eigenvalue weighted by atomic mass is 16.5. The normalized spacial score (nSPS) is 12.4. The summed E-state index contributed by atoms with van der Waals surface area (Å²) in [6, 6.07) is 8.22. The molecule has 1 aromatic carbocycles. The molecule has 0 spiro atoms. The zero-order chi connectivity index (χ0) is 13.9. The maximum Gasteiger partial charge on any atom is 0.119 e. The number of unbranched alkanes of at least 4 members (excludes halogenated alkanes) is 6. The first-order chi connectivity index (χ1) is 9.24. The number of ether oxygens (including phenoxy) is 1. The van der Waals surface area contributed by atoms with Gasteiger partial charge in [-0.25, -0.2) is 0 Å². The average Bonchev–Trinajstić information content (AvgIpc) is 2.42. The van der Waals surface area contributed by atoms with E-state index in [4.69, 9.17) is 10.5 Å². The molecule has 108 valence electrons. The van der Waals surface area contributed by atoms with Gasteiger partial charge in [-0.3, -0.25) is 0 Å². The van der Waals surface area contributed by atoms with Crippen molar-refractivity contribution >= 4 is 0 Å². The molecule has 0 aliphatic heterocycles. The molecule has 0 radical (unpaired) electrons. The van der Waals surface area contributed by atoms with Crippen LogP contribution < -0.4 is 10.5 Å². The first-order valence-electron chi connectivity index (χ1n) is 7.72. The minimum absolute atomic E-state index is 0.0946. The van der Waals surface area contributed by atoms with Gasteiger partial charge in [0.25, 0.3) is 0 Å². The number of hydrogen-bond donors (Lipinski definition) is 1. The van der Waals surface area contributed by atoms with Crippen LogP contribution in [-0.2, 0) is 0 Å². The van der Waals surface area contributed by atoms with Crippen LogP contribution in [0.1, 0.15) is 70.4 Å². The minimum Gasteiger partial charge on any atom is -0.494 e. The van der Waals surface area contributed by atoms with Crippen LogP contribution in [0.4, 0.5) is 0 Å². The van der Waals surface area contributed by atoms with E-state index in [0.717, 1.165) is 24.3 Å². The van der Waals surface area contributed by atoms with E-state index >= 15 is 0 Å². The van der Waals surface area contributed by atoms with E-state index in [9.17, 15) is 0 Å². The van der Waals surface area contributed by atoms with Crippen LogP contribution in [0.5, 0.6) is 5.75 Å². The van der Waals surface area contributed by atoms with Gasteiger partial charge in [0.1, 0.15) is 5.75 Å². The van der Waals surface area contributed by atoms with Gasteiger partial charge in [-0.15, -0.1) is 0 Å². The second-order valence-electron chi connectivity index (χ2n) is 5.33. The fraction of sp³-hybridized carbons (Fsp3) is 0.647. The molecule has 19 heavy (non-hydrogen) atoms. The van der Waals surface area contributed by atoms with E-state index in [2.05, 4.69) is 6.92 Å². The fourth-order valence-electron chi connectivity index (χ4n) is 2.12. The van der Waals surface area contributed by atoms with Crippen LogP contribution in [0.25, 0.3) is 0 Å². The Kier molecular flexibility index (Phi) is 8.31. The molecular formula is C17H29NO. The van der Waals surface area contributed by atoms with Crippen LogP contribution >= 0.6 is 0 Å². The highest BCUT2D eigenvalue weighted by Crippen LogP contribution is 2.16. The third-order valence-corrected chi connectivity index (χ3v) is 3.42. The summed E-state index contributed by atoms with van der Waals surface area (Å²) in [5, 5.41) is 0. The first kappa shape index (κ1) is 16.0. The zero-order valence-corrected chi connectivity index (χ0v) is 12.5. The van der Waals surface area contributed by atoms with Crippen molar-refractivity contribution in [2.24, 2.45) is 5.73 Å². The Morgan fingerprint density at radius 3 is 2.11 bits per heavy atom. The van der Waals surface area contributed by atoms with Gasteiger partial charge < -0.3 is 10.5 Å². The molecule has 1 atom stereocenters. The summed E-state index contributed by atoms with van der Waals surface area (Å²) in [7, 11) is 0. The van der Waals surface area contributed by atoms with Crippen molar-refractivity contribution in [3.63, 3.8) is 0 Å². The van der Waals surface area contributed by atoms with Crippen molar-refractivity contribution in [2.75, 3.05) is 6.61 Å². The lowest BCUT2D eigenvalue weighted by Gasteiger charge is -2.09. The SMILES string of the molecule is CCCCCCCCCOc1ccc(C(C)N)cc1. The number of hydrogen-bond acceptors (Lipinski definition) is 2. The second-order valence-corrected chi connectivity index (χ2v) is 5.33. The summed E-state index contributed by atoms with van der Waals surface area (Å²) < 4.78 is 5.73. The molecule has 1 unspecified atom stereocenters. The van der Waals surface area contributed by atoms with E-state index < -0.39 is 0 Å². The molecule has 0 aliphatic rings. The van der Waals surface area contributed by atoms with E-state index in [1.54, 1.807) is 0 Å². The molecule has 0 fully saturated rings. The van der Waals surface area contributed by atoms with Crippen molar-refractivity contribution in [3.05, 3.63) is 29.8 Å². The standard InChI is InChI=1S/C17H29NO/c1-3-4-5-6-7-8-9-14-19-17-12-10-16(11-13-17)15(2)18/h10-13,15H,3-9,14,18H2,1-2H3. The molecule has 1 aromatic rings. The smallest absolute Gasteiger partial charge is 0.119 e. The molecular weight excluding hydrogens is 234 g/mol. The molecule has 0 aliphatic carbocycles. The monoisotopic (exact) mass is 263 g/mol. The number of rotatable bonds is 10. The summed E-state index contributed by atoms with van der Waals surface area (Å²) in [5.74, 6) is 0.954. The molecule has 2 N–H and O–H groups in total. The lowest BCUT2D eigenvalue weighted by molar-refractivity contribution is 0.304. The average molecular weight is 263 g/mol. The molecule has 0 heterocycles. The molecule has 1 rings (SSSR count). The van der Waals surface area contributed by atoms with Gasteiger partial charge in [0.2, 0.25) is 0 Å². The molecule has 0 aromatic heterocycles. The Balaban J connectivity index is 2.06. The van der Waals surface area contributed by atoms with Gasteiger partial charge in [0.05, 0.1) is 6.61 Å². The number of nitrogens with two attached hydrogens (primary N) is 1. The van der Waals surface area contributed by atoms with Crippen LogP contribution in [0.15, 0.2) is 24.3 Å². The number of benzene rings is 1. The predicted octanol–water partition coefficient (Wildman–Crippen LogP) is 4.84. The van der Waals surface area contributed by atoms with E-state index in [1.807, 2.05) is 31.2 Å². The van der Waals surface area contributed by atoms with Gasteiger partial charge >= 0.3 is 0 Å². The molecule has 0 bridgehead atoms. The lowest BCUT2D eigenvalue weighted by atomic mass is 10.1. The van der Waals surface area contributed by atoms with Crippen molar-refractivity contribution in [1.29, 1.82) is 0 Å². The van der Waals surface area contributed by atoms with Gasteiger partial charge in [0.15, 0.2) is 0 Å². The lowest BCUT2D eigenvalue weighted by Crippen LogP contribution is -2.04. The first-order valence-corrected chi connectivity index (χ1v) is 7.72. The van der Waals surface area contributed by atoms with Crippen molar-refractivity contribution < 1.29 is 4.74 Å². The Bertz CT molecular complexity index is 319. The van der Waals surface area contributed by atoms with Gasteiger partial charge in [-0.05, 0) is 31.0 Å². The maximum absolute atomic E-state index is 5.81. The Morgan fingerprint density at radius 1 is 0.947 bits per heavy atom. The molecule has 2 heteroatoms. The van der Waals surface area contributed by atoms with Crippen molar-refractivity contribution in [2.45, 2.75) is 64.8 Å². The van der Waals surface area contributed by atoms with Gasteiger partial charge in [-0.2, -0.15) is 0 Å². The second kappa shape index (κ2) is 9.85. The highest BCUT2D eigenvalue weighted by Gasteiger charge is 1.99. The summed E-state index contributed by atoms with van der Waals surface area (Å²) in [6.07, 6.45) is 9.23. The largest absolute Gasteiger partial charge is 0.494 e. The summed E-state index contributed by atoms with van der Waals surface area (Å²) in [6.45, 7) is 5.07. The molecule has 2 nitrogen and oxygen atoms in total. The highest BCUT2D eigenvalue weighted by molar-refractivity contribution is 5.28. The third kappa shape index (κ3) is 7.22. The topological polar surface area (TPSA) is 35.2 Å². The van der Waals surface area contributed by atoms with Crippen molar-refractivity contribution in [3.8, 4) is 5.75 Å². The van der Waals surface area contributed by atoms with Gasteiger partial charge in [-0.1, -0.05) is 57.6 Å². The van der Waals surface area contributed by atoms with E-state index in [0.29, 0.717) is 0 Å². The van der Waals surface area contributed by atoms with Crippen LogP contribution in [-0.4, -0.2) is 6.61 Å². The van der Waals surface area contributed by atoms with E-state index in [-0.39, 0.29) is 6.04 Å². The maximum atomic E-state index is 5.81. The molecule has 0 saturated heterocycles. The molecule has 0 amide bonds. The zero-order valence-electron chi connectivity index (χ0n) is 12.5. The van der Waals surface area contributed by atoms with Crippen LogP contribution in [0, 0.1) is 0 Å².